The summed E-state index contributed by atoms with van der Waals surface area (Å²) in [6.45, 7) is 6.51. The lowest BCUT2D eigenvalue weighted by atomic mass is 10.1. The van der Waals surface area contributed by atoms with Gasteiger partial charge in [0.15, 0.2) is 0 Å². The first kappa shape index (κ1) is 15.4. The predicted molar refractivity (Wildman–Crippen MR) is 72.5 cm³/mol. The number of aryl methyl sites for hydroxylation is 2. The normalized spacial score (nSPS) is 11.5. The summed E-state index contributed by atoms with van der Waals surface area (Å²) in [5.41, 5.74) is 1.82. The number of rotatable bonds is 6. The van der Waals surface area contributed by atoms with Crippen molar-refractivity contribution in [2.45, 2.75) is 18.7 Å². The molecular weight excluding hydrogens is 266 g/mol. The standard InChI is InChI=1S/C13H17NO4S/c1-4-7-14(9-13(15)16)19(17,18)12-6-5-10(2)11(3)8-12/h4-6,8H,1,7,9H2,2-3H3,(H,15,16). The topological polar surface area (TPSA) is 74.7 Å². The molecule has 0 amide bonds. The van der Waals surface area contributed by atoms with Gasteiger partial charge in [-0.2, -0.15) is 4.31 Å². The van der Waals surface area contributed by atoms with Crippen LogP contribution in [0.5, 0.6) is 0 Å². The number of benzene rings is 1. The summed E-state index contributed by atoms with van der Waals surface area (Å²) in [4.78, 5) is 10.8. The van der Waals surface area contributed by atoms with E-state index in [-0.39, 0.29) is 11.4 Å². The average Bonchev–Trinajstić information content (AvgIpc) is 2.31. The fourth-order valence-electron chi connectivity index (χ4n) is 1.57. The van der Waals surface area contributed by atoms with Crippen LogP contribution in [-0.4, -0.2) is 36.9 Å². The summed E-state index contributed by atoms with van der Waals surface area (Å²) in [6, 6.07) is 4.73. The molecule has 0 aromatic heterocycles. The van der Waals surface area contributed by atoms with Gasteiger partial charge in [-0.05, 0) is 37.1 Å². The molecule has 0 radical (unpaired) electrons. The summed E-state index contributed by atoms with van der Waals surface area (Å²) in [7, 11) is -3.82. The predicted octanol–water partition coefficient (Wildman–Crippen LogP) is 1.56. The van der Waals surface area contributed by atoms with Crippen molar-refractivity contribution < 1.29 is 18.3 Å². The summed E-state index contributed by atoms with van der Waals surface area (Å²) in [6.07, 6.45) is 1.36. The van der Waals surface area contributed by atoms with Gasteiger partial charge in [-0.25, -0.2) is 8.42 Å². The second-order valence-corrected chi connectivity index (χ2v) is 6.16. The molecule has 0 aliphatic heterocycles. The molecule has 0 fully saturated rings. The van der Waals surface area contributed by atoms with E-state index in [9.17, 15) is 13.2 Å². The maximum Gasteiger partial charge on any atom is 0.318 e. The first-order valence-corrected chi connectivity index (χ1v) is 7.13. The lowest BCUT2D eigenvalue weighted by Gasteiger charge is -2.19. The number of carboxylic acids is 1. The summed E-state index contributed by atoms with van der Waals surface area (Å²) in [5.74, 6) is -1.20. The van der Waals surface area contributed by atoms with E-state index in [1.807, 2.05) is 13.8 Å². The van der Waals surface area contributed by atoms with Crippen LogP contribution in [0.15, 0.2) is 35.7 Å². The van der Waals surface area contributed by atoms with Gasteiger partial charge in [0.05, 0.1) is 4.90 Å². The Morgan fingerprint density at radius 3 is 2.47 bits per heavy atom. The van der Waals surface area contributed by atoms with Crippen molar-refractivity contribution in [2.24, 2.45) is 0 Å². The molecule has 1 aromatic carbocycles. The van der Waals surface area contributed by atoms with Crippen LogP contribution in [0.3, 0.4) is 0 Å². The lowest BCUT2D eigenvalue weighted by molar-refractivity contribution is -0.137. The van der Waals surface area contributed by atoms with Crippen molar-refractivity contribution in [1.29, 1.82) is 0 Å². The van der Waals surface area contributed by atoms with E-state index in [1.165, 1.54) is 12.1 Å². The highest BCUT2D eigenvalue weighted by molar-refractivity contribution is 7.89. The molecule has 0 saturated heterocycles. The van der Waals surface area contributed by atoms with Gasteiger partial charge in [-0.1, -0.05) is 12.1 Å². The zero-order valence-electron chi connectivity index (χ0n) is 11.0. The highest BCUT2D eigenvalue weighted by Gasteiger charge is 2.25. The Hall–Kier alpha value is -1.66. The van der Waals surface area contributed by atoms with Crippen LogP contribution in [0.4, 0.5) is 0 Å². The first-order valence-electron chi connectivity index (χ1n) is 5.69. The number of aliphatic carboxylic acids is 1. The van der Waals surface area contributed by atoms with E-state index >= 15 is 0 Å². The van der Waals surface area contributed by atoms with Crippen LogP contribution in [0, 0.1) is 13.8 Å². The fourth-order valence-corrected chi connectivity index (χ4v) is 3.01. The Bertz CT molecular complexity index is 593. The Morgan fingerprint density at radius 2 is 2.00 bits per heavy atom. The monoisotopic (exact) mass is 283 g/mol. The zero-order chi connectivity index (χ0) is 14.6. The quantitative estimate of drug-likeness (QED) is 0.804. The number of carbonyl (C=O) groups is 1. The zero-order valence-corrected chi connectivity index (χ0v) is 11.8. The molecule has 0 spiro atoms. The lowest BCUT2D eigenvalue weighted by Crippen LogP contribution is -2.35. The Kier molecular flexibility index (Phi) is 4.85. The van der Waals surface area contributed by atoms with Crippen molar-refractivity contribution in [2.75, 3.05) is 13.1 Å². The van der Waals surface area contributed by atoms with Crippen molar-refractivity contribution in [3.05, 3.63) is 42.0 Å². The Labute approximate surface area is 113 Å². The van der Waals surface area contributed by atoms with Gasteiger partial charge in [0.2, 0.25) is 10.0 Å². The second-order valence-electron chi connectivity index (χ2n) is 4.23. The third kappa shape index (κ3) is 3.65. The van der Waals surface area contributed by atoms with E-state index in [4.69, 9.17) is 5.11 Å². The number of hydrogen-bond donors (Lipinski definition) is 1. The highest BCUT2D eigenvalue weighted by atomic mass is 32.2. The van der Waals surface area contributed by atoms with Crippen LogP contribution in [0.1, 0.15) is 11.1 Å². The summed E-state index contributed by atoms with van der Waals surface area (Å²) < 4.78 is 25.6. The van der Waals surface area contributed by atoms with Gasteiger partial charge in [-0.3, -0.25) is 4.79 Å². The molecule has 0 unspecified atom stereocenters. The van der Waals surface area contributed by atoms with Gasteiger partial charge in [0.25, 0.3) is 0 Å². The van der Waals surface area contributed by atoms with Crippen LogP contribution in [0.2, 0.25) is 0 Å². The molecule has 1 N–H and O–H groups in total. The van der Waals surface area contributed by atoms with Crippen molar-refractivity contribution in [1.82, 2.24) is 4.31 Å². The van der Waals surface area contributed by atoms with Gasteiger partial charge < -0.3 is 5.11 Å². The molecule has 0 heterocycles. The molecule has 6 heteroatoms. The molecule has 0 aliphatic rings. The van der Waals surface area contributed by atoms with E-state index in [2.05, 4.69) is 6.58 Å². The minimum atomic E-state index is -3.82. The smallest absolute Gasteiger partial charge is 0.318 e. The average molecular weight is 283 g/mol. The Morgan fingerprint density at radius 1 is 1.37 bits per heavy atom. The highest BCUT2D eigenvalue weighted by Crippen LogP contribution is 2.19. The Balaban J connectivity index is 3.21. The SMILES string of the molecule is C=CCN(CC(=O)O)S(=O)(=O)c1ccc(C)c(C)c1. The molecule has 0 atom stereocenters. The number of nitrogens with zero attached hydrogens (tertiary/aromatic N) is 1. The largest absolute Gasteiger partial charge is 0.480 e. The van der Waals surface area contributed by atoms with E-state index in [0.29, 0.717) is 0 Å². The van der Waals surface area contributed by atoms with E-state index < -0.39 is 22.5 Å². The molecule has 0 bridgehead atoms. The summed E-state index contributed by atoms with van der Waals surface area (Å²) >= 11 is 0. The number of sulfonamides is 1. The molecule has 1 aromatic rings. The van der Waals surface area contributed by atoms with Crippen LogP contribution in [0.25, 0.3) is 0 Å². The van der Waals surface area contributed by atoms with Crippen molar-refractivity contribution >= 4 is 16.0 Å². The van der Waals surface area contributed by atoms with Crippen LogP contribution < -0.4 is 0 Å². The van der Waals surface area contributed by atoms with Gasteiger partial charge in [0, 0.05) is 6.54 Å². The molecule has 104 valence electrons. The van der Waals surface area contributed by atoms with Crippen molar-refractivity contribution in [3.8, 4) is 0 Å². The molecule has 0 saturated carbocycles. The molecule has 0 aliphatic carbocycles. The number of hydrogen-bond acceptors (Lipinski definition) is 3. The summed E-state index contributed by atoms with van der Waals surface area (Å²) in [5, 5.41) is 8.78. The first-order chi connectivity index (χ1) is 8.78. The molecule has 5 nitrogen and oxygen atoms in total. The molecular formula is C13H17NO4S. The van der Waals surface area contributed by atoms with Gasteiger partial charge in [-0.15, -0.1) is 6.58 Å². The second kappa shape index (κ2) is 5.99. The molecule has 1 rings (SSSR count). The molecule has 19 heavy (non-hydrogen) atoms. The maximum atomic E-state index is 12.3. The van der Waals surface area contributed by atoms with Gasteiger partial charge in [0.1, 0.15) is 6.54 Å². The van der Waals surface area contributed by atoms with Crippen molar-refractivity contribution in [3.63, 3.8) is 0 Å². The van der Waals surface area contributed by atoms with E-state index in [1.54, 1.807) is 12.1 Å². The fraction of sp³-hybridized carbons (Fsp3) is 0.308. The van der Waals surface area contributed by atoms with E-state index in [0.717, 1.165) is 15.4 Å². The minimum Gasteiger partial charge on any atom is -0.480 e. The van der Waals surface area contributed by atoms with Gasteiger partial charge >= 0.3 is 5.97 Å². The number of carboxylic acid groups (broad SMARTS) is 1. The third-order valence-electron chi connectivity index (χ3n) is 2.76. The third-order valence-corrected chi connectivity index (χ3v) is 4.57. The van der Waals surface area contributed by atoms with Crippen LogP contribution >= 0.6 is 0 Å². The maximum absolute atomic E-state index is 12.3. The van der Waals surface area contributed by atoms with Crippen LogP contribution in [-0.2, 0) is 14.8 Å². The minimum absolute atomic E-state index is 0.0401.